The van der Waals surface area contributed by atoms with Crippen LogP contribution in [-0.2, 0) is 12.0 Å². The zero-order valence-corrected chi connectivity index (χ0v) is 13.7. The minimum atomic E-state index is -0.0812. The van der Waals surface area contributed by atoms with Gasteiger partial charge < -0.3 is 10.6 Å². The van der Waals surface area contributed by atoms with Gasteiger partial charge in [-0.15, -0.1) is 11.3 Å². The van der Waals surface area contributed by atoms with Crippen LogP contribution in [-0.4, -0.2) is 17.9 Å². The monoisotopic (exact) mass is 303 g/mol. The van der Waals surface area contributed by atoms with Crippen LogP contribution in [0, 0.1) is 0 Å². The Hall–Kier alpha value is -1.88. The fraction of sp³-hybridized carbons (Fsp3) is 0.375. The number of carbonyl (C=O) groups excluding carboxylic acids is 1. The number of anilines is 1. The molecule has 112 valence electrons. The van der Waals surface area contributed by atoms with Crippen molar-refractivity contribution in [1.82, 2.24) is 10.3 Å². The molecular weight excluding hydrogens is 282 g/mol. The highest BCUT2D eigenvalue weighted by Crippen LogP contribution is 2.25. The first kappa shape index (κ1) is 15.5. The van der Waals surface area contributed by atoms with Gasteiger partial charge >= 0.3 is 0 Å². The molecule has 1 amide bonds. The van der Waals surface area contributed by atoms with E-state index in [0.29, 0.717) is 12.1 Å². The summed E-state index contributed by atoms with van der Waals surface area (Å²) in [6.07, 6.45) is 0. The quantitative estimate of drug-likeness (QED) is 0.910. The van der Waals surface area contributed by atoms with Gasteiger partial charge in [0.1, 0.15) is 0 Å². The molecule has 1 heterocycles. The van der Waals surface area contributed by atoms with Gasteiger partial charge in [-0.1, -0.05) is 26.8 Å². The minimum absolute atomic E-state index is 0.0812. The number of thiazole rings is 1. The van der Waals surface area contributed by atoms with E-state index in [1.54, 1.807) is 24.5 Å². The van der Waals surface area contributed by atoms with E-state index in [1.807, 2.05) is 18.2 Å². The van der Waals surface area contributed by atoms with Crippen molar-refractivity contribution < 1.29 is 4.79 Å². The van der Waals surface area contributed by atoms with E-state index in [2.05, 4.69) is 41.8 Å². The van der Waals surface area contributed by atoms with Crippen LogP contribution in [0.4, 0.5) is 5.69 Å². The summed E-state index contributed by atoms with van der Waals surface area (Å²) >= 11 is 1.69. The Morgan fingerprint density at radius 1 is 1.33 bits per heavy atom. The molecule has 0 saturated carbocycles. The van der Waals surface area contributed by atoms with Gasteiger partial charge in [-0.25, -0.2) is 4.98 Å². The number of amides is 1. The van der Waals surface area contributed by atoms with Crippen LogP contribution in [0.3, 0.4) is 0 Å². The molecule has 1 aromatic carbocycles. The number of nitrogens with zero attached hydrogens (tertiary/aromatic N) is 1. The molecule has 0 fully saturated rings. The summed E-state index contributed by atoms with van der Waals surface area (Å²) in [5, 5.41) is 9.15. The van der Waals surface area contributed by atoms with Crippen molar-refractivity contribution in [3.05, 3.63) is 45.9 Å². The van der Waals surface area contributed by atoms with Crippen molar-refractivity contribution in [1.29, 1.82) is 0 Å². The molecule has 0 atom stereocenters. The van der Waals surface area contributed by atoms with Crippen LogP contribution in [0.25, 0.3) is 0 Å². The van der Waals surface area contributed by atoms with Gasteiger partial charge in [0.15, 0.2) is 0 Å². The Balaban J connectivity index is 2.03. The fourth-order valence-electron chi connectivity index (χ4n) is 1.84. The highest BCUT2D eigenvalue weighted by atomic mass is 32.1. The standard InChI is InChI=1S/C16H21N3OS/c1-16(2,3)15-19-13(10-21-15)9-18-12-7-5-6-11(8-12)14(20)17-4/h5-8,10,18H,9H2,1-4H3,(H,17,20). The normalized spacial score (nSPS) is 11.2. The van der Waals surface area contributed by atoms with E-state index in [4.69, 9.17) is 0 Å². The topological polar surface area (TPSA) is 54.0 Å². The number of aromatic nitrogens is 1. The number of hydrogen-bond acceptors (Lipinski definition) is 4. The lowest BCUT2D eigenvalue weighted by molar-refractivity contribution is 0.0963. The zero-order chi connectivity index (χ0) is 15.5. The fourth-order valence-corrected chi connectivity index (χ4v) is 2.75. The summed E-state index contributed by atoms with van der Waals surface area (Å²) in [4.78, 5) is 16.3. The number of benzene rings is 1. The molecule has 0 bridgehead atoms. The second kappa shape index (κ2) is 6.26. The summed E-state index contributed by atoms with van der Waals surface area (Å²) in [6.45, 7) is 7.14. The average molecular weight is 303 g/mol. The third-order valence-corrected chi connectivity index (χ3v) is 4.34. The van der Waals surface area contributed by atoms with Crippen molar-refractivity contribution in [3.8, 4) is 0 Å². The van der Waals surface area contributed by atoms with Gasteiger partial charge in [-0.3, -0.25) is 4.79 Å². The second-order valence-electron chi connectivity index (χ2n) is 5.91. The lowest BCUT2D eigenvalue weighted by Crippen LogP contribution is -2.17. The lowest BCUT2D eigenvalue weighted by atomic mass is 9.98. The SMILES string of the molecule is CNC(=O)c1cccc(NCc2csc(C(C)(C)C)n2)c1. The van der Waals surface area contributed by atoms with Crippen molar-refractivity contribution >= 4 is 22.9 Å². The molecule has 1 aromatic heterocycles. The maximum absolute atomic E-state index is 11.6. The highest BCUT2D eigenvalue weighted by Gasteiger charge is 2.17. The van der Waals surface area contributed by atoms with Gasteiger partial charge in [0.25, 0.3) is 5.91 Å². The second-order valence-corrected chi connectivity index (χ2v) is 6.77. The number of hydrogen-bond donors (Lipinski definition) is 2. The first-order valence-electron chi connectivity index (χ1n) is 6.91. The molecule has 5 heteroatoms. The molecule has 0 aliphatic heterocycles. The summed E-state index contributed by atoms with van der Waals surface area (Å²) < 4.78 is 0. The molecule has 0 radical (unpaired) electrons. The molecule has 2 rings (SSSR count). The highest BCUT2D eigenvalue weighted by molar-refractivity contribution is 7.09. The Morgan fingerprint density at radius 3 is 2.71 bits per heavy atom. The molecule has 0 aliphatic carbocycles. The van der Waals surface area contributed by atoms with E-state index in [9.17, 15) is 4.79 Å². The van der Waals surface area contributed by atoms with E-state index in [1.165, 1.54) is 0 Å². The molecule has 0 unspecified atom stereocenters. The largest absolute Gasteiger partial charge is 0.379 e. The first-order chi connectivity index (χ1) is 9.90. The van der Waals surface area contributed by atoms with Gasteiger partial charge in [-0.05, 0) is 18.2 Å². The van der Waals surface area contributed by atoms with Gasteiger partial charge in [-0.2, -0.15) is 0 Å². The third-order valence-electron chi connectivity index (χ3n) is 3.02. The van der Waals surface area contributed by atoms with Crippen molar-refractivity contribution in [2.75, 3.05) is 12.4 Å². The Morgan fingerprint density at radius 2 is 2.10 bits per heavy atom. The molecule has 0 spiro atoms. The van der Waals surface area contributed by atoms with Crippen LogP contribution >= 0.6 is 11.3 Å². The number of nitrogens with one attached hydrogen (secondary N) is 2. The van der Waals surface area contributed by atoms with E-state index < -0.39 is 0 Å². The average Bonchev–Trinajstić information content (AvgIpc) is 2.93. The molecule has 0 aliphatic rings. The van der Waals surface area contributed by atoms with Gasteiger partial charge in [0.2, 0.25) is 0 Å². The molecule has 0 saturated heterocycles. The van der Waals surface area contributed by atoms with Crippen LogP contribution in [0.2, 0.25) is 0 Å². The Bertz CT molecular complexity index is 628. The number of rotatable bonds is 4. The van der Waals surface area contributed by atoms with Crippen LogP contribution in [0.15, 0.2) is 29.6 Å². The van der Waals surface area contributed by atoms with Crippen molar-refractivity contribution in [2.45, 2.75) is 32.7 Å². The summed E-state index contributed by atoms with van der Waals surface area (Å²) in [7, 11) is 1.63. The molecule has 21 heavy (non-hydrogen) atoms. The predicted molar refractivity (Wildman–Crippen MR) is 88.0 cm³/mol. The zero-order valence-electron chi connectivity index (χ0n) is 12.9. The molecular formula is C16H21N3OS. The van der Waals surface area contributed by atoms with Gasteiger partial charge in [0, 0.05) is 29.1 Å². The predicted octanol–water partition coefficient (Wildman–Crippen LogP) is 3.41. The maximum Gasteiger partial charge on any atom is 0.251 e. The van der Waals surface area contributed by atoms with Crippen molar-refractivity contribution in [3.63, 3.8) is 0 Å². The lowest BCUT2D eigenvalue weighted by Gasteiger charge is -2.13. The van der Waals surface area contributed by atoms with Gasteiger partial charge in [0.05, 0.1) is 17.2 Å². The summed E-state index contributed by atoms with van der Waals surface area (Å²) in [5.74, 6) is -0.0812. The first-order valence-corrected chi connectivity index (χ1v) is 7.79. The summed E-state index contributed by atoms with van der Waals surface area (Å²) in [5.41, 5.74) is 2.68. The number of carbonyl (C=O) groups is 1. The van der Waals surface area contributed by atoms with Crippen LogP contribution in [0.5, 0.6) is 0 Å². The summed E-state index contributed by atoms with van der Waals surface area (Å²) in [6, 6.07) is 7.46. The molecule has 2 aromatic rings. The van der Waals surface area contributed by atoms with E-state index in [0.717, 1.165) is 16.4 Å². The Kier molecular flexibility index (Phi) is 4.63. The van der Waals surface area contributed by atoms with Crippen molar-refractivity contribution in [2.24, 2.45) is 0 Å². The van der Waals surface area contributed by atoms with E-state index >= 15 is 0 Å². The Labute approximate surface area is 129 Å². The van der Waals surface area contributed by atoms with Crippen LogP contribution in [0.1, 0.15) is 41.8 Å². The smallest absolute Gasteiger partial charge is 0.251 e. The third kappa shape index (κ3) is 4.04. The maximum atomic E-state index is 11.6. The minimum Gasteiger partial charge on any atom is -0.379 e. The molecule has 4 nitrogen and oxygen atoms in total. The van der Waals surface area contributed by atoms with E-state index in [-0.39, 0.29) is 11.3 Å². The van der Waals surface area contributed by atoms with Crippen LogP contribution < -0.4 is 10.6 Å². The molecule has 2 N–H and O–H groups in total.